The second-order valence-corrected chi connectivity index (χ2v) is 9.83. The number of hydrogen-bond acceptors (Lipinski definition) is 4. The van der Waals surface area contributed by atoms with E-state index in [0.29, 0.717) is 5.92 Å². The standard InChI is InChI=1S/C28H35NO4.C2H6/c1-19-14-25(31-17-21-8-6-7-9-21)12-10-22(19)18-32-27(30)29(5)24-11-13-26-23(16-24)15-20(2)28(3,4)33-26;1-2/h10-16,21H,6-9,17-18H2,1-5H3;1-2H3. The van der Waals surface area contributed by atoms with Gasteiger partial charge in [0, 0.05) is 18.3 Å². The molecule has 5 nitrogen and oxygen atoms in total. The molecule has 1 saturated carbocycles. The van der Waals surface area contributed by atoms with Crippen LogP contribution < -0.4 is 14.4 Å². The van der Waals surface area contributed by atoms with Crippen LogP contribution in [-0.2, 0) is 11.3 Å². The number of rotatable bonds is 6. The van der Waals surface area contributed by atoms with E-state index in [0.717, 1.165) is 46.1 Å². The van der Waals surface area contributed by atoms with Crippen molar-refractivity contribution in [1.82, 2.24) is 0 Å². The van der Waals surface area contributed by atoms with Crippen LogP contribution in [0, 0.1) is 12.8 Å². The highest BCUT2D eigenvalue weighted by Crippen LogP contribution is 2.37. The number of nitrogens with zero attached hydrogens (tertiary/aromatic N) is 1. The topological polar surface area (TPSA) is 48.0 Å². The van der Waals surface area contributed by atoms with Crippen molar-refractivity contribution in [3.63, 3.8) is 0 Å². The van der Waals surface area contributed by atoms with E-state index in [1.54, 1.807) is 7.05 Å². The van der Waals surface area contributed by atoms with Gasteiger partial charge in [-0.2, -0.15) is 0 Å². The van der Waals surface area contributed by atoms with E-state index in [2.05, 4.69) is 26.8 Å². The second kappa shape index (κ2) is 11.7. The van der Waals surface area contributed by atoms with Gasteiger partial charge in [-0.25, -0.2) is 4.79 Å². The number of benzene rings is 2. The van der Waals surface area contributed by atoms with Gasteiger partial charge in [-0.1, -0.05) is 32.8 Å². The van der Waals surface area contributed by atoms with Crippen LogP contribution in [0.4, 0.5) is 10.5 Å². The normalized spacial score (nSPS) is 16.3. The van der Waals surface area contributed by atoms with Gasteiger partial charge in [-0.15, -0.1) is 0 Å². The van der Waals surface area contributed by atoms with Crippen molar-refractivity contribution in [2.45, 2.75) is 79.4 Å². The number of fused-ring (bicyclic) bond motifs is 1. The SMILES string of the molecule is CC.CC1=Cc2cc(N(C)C(=O)OCc3ccc(OCC4CCCC4)cc3C)ccc2OC1(C)C. The Kier molecular flexibility index (Phi) is 8.87. The van der Waals surface area contributed by atoms with Gasteiger partial charge in [0.2, 0.25) is 0 Å². The zero-order valence-corrected chi connectivity index (χ0v) is 22.4. The molecule has 0 unspecified atom stereocenters. The Bertz CT molecular complexity index is 1050. The maximum absolute atomic E-state index is 12.7. The lowest BCUT2D eigenvalue weighted by atomic mass is 9.93. The number of aryl methyl sites for hydroxylation is 1. The molecule has 190 valence electrons. The summed E-state index contributed by atoms with van der Waals surface area (Å²) in [6.07, 6.45) is 6.89. The van der Waals surface area contributed by atoms with Gasteiger partial charge >= 0.3 is 6.09 Å². The Hall–Kier alpha value is -2.95. The van der Waals surface area contributed by atoms with E-state index in [4.69, 9.17) is 14.2 Å². The molecular formula is C30H41NO4. The van der Waals surface area contributed by atoms with Crippen molar-refractivity contribution in [2.24, 2.45) is 5.92 Å². The highest BCUT2D eigenvalue weighted by molar-refractivity contribution is 5.88. The Morgan fingerprint density at radius 1 is 1.09 bits per heavy atom. The summed E-state index contributed by atoms with van der Waals surface area (Å²) in [6, 6.07) is 11.7. The van der Waals surface area contributed by atoms with Gasteiger partial charge in [0.1, 0.15) is 23.7 Å². The molecule has 0 spiro atoms. The summed E-state index contributed by atoms with van der Waals surface area (Å²) in [6.45, 7) is 13.2. The molecule has 1 heterocycles. The summed E-state index contributed by atoms with van der Waals surface area (Å²) in [5.74, 6) is 2.39. The van der Waals surface area contributed by atoms with Crippen LogP contribution in [0.3, 0.4) is 0 Å². The predicted molar refractivity (Wildman–Crippen MR) is 143 cm³/mol. The van der Waals surface area contributed by atoms with Crippen molar-refractivity contribution >= 4 is 17.9 Å². The Balaban J connectivity index is 0.00000167. The fraction of sp³-hybridized carbons (Fsp3) is 0.500. The molecule has 5 heteroatoms. The molecule has 2 aliphatic rings. The molecule has 4 rings (SSSR count). The quantitative estimate of drug-likeness (QED) is 0.422. The third-order valence-electron chi connectivity index (χ3n) is 6.97. The minimum Gasteiger partial charge on any atom is -0.493 e. The van der Waals surface area contributed by atoms with Crippen molar-refractivity contribution < 1.29 is 19.0 Å². The van der Waals surface area contributed by atoms with Gasteiger partial charge in [0.25, 0.3) is 0 Å². The van der Waals surface area contributed by atoms with E-state index in [1.165, 1.54) is 30.6 Å². The molecule has 2 aromatic rings. The molecule has 0 N–H and O–H groups in total. The van der Waals surface area contributed by atoms with Gasteiger partial charge in [0.15, 0.2) is 0 Å². The average molecular weight is 480 g/mol. The van der Waals surface area contributed by atoms with Gasteiger partial charge < -0.3 is 14.2 Å². The number of anilines is 1. The fourth-order valence-corrected chi connectivity index (χ4v) is 4.37. The van der Waals surface area contributed by atoms with Crippen molar-refractivity contribution in [2.75, 3.05) is 18.6 Å². The molecule has 1 fully saturated rings. The van der Waals surface area contributed by atoms with Crippen molar-refractivity contribution in [1.29, 1.82) is 0 Å². The molecule has 0 radical (unpaired) electrons. The minimum atomic E-state index is -0.395. The summed E-state index contributed by atoms with van der Waals surface area (Å²) in [7, 11) is 1.72. The number of carbonyl (C=O) groups is 1. The molecule has 1 aliphatic carbocycles. The average Bonchev–Trinajstić information content (AvgIpc) is 3.37. The third kappa shape index (κ3) is 6.59. The van der Waals surface area contributed by atoms with Crippen LogP contribution in [0.25, 0.3) is 6.08 Å². The number of amides is 1. The number of carbonyl (C=O) groups excluding carboxylic acids is 1. The predicted octanol–water partition coefficient (Wildman–Crippen LogP) is 7.94. The third-order valence-corrected chi connectivity index (χ3v) is 6.97. The molecule has 0 saturated heterocycles. The molecule has 35 heavy (non-hydrogen) atoms. The lowest BCUT2D eigenvalue weighted by molar-refractivity contribution is 0.145. The van der Waals surface area contributed by atoms with Gasteiger partial charge in [0.05, 0.1) is 6.61 Å². The van der Waals surface area contributed by atoms with E-state index < -0.39 is 6.09 Å². The maximum atomic E-state index is 12.7. The van der Waals surface area contributed by atoms with Crippen molar-refractivity contribution in [3.05, 3.63) is 58.7 Å². The number of ether oxygens (including phenoxy) is 3. The first-order chi connectivity index (χ1) is 16.7. The Morgan fingerprint density at radius 2 is 1.80 bits per heavy atom. The zero-order chi connectivity index (χ0) is 25.6. The van der Waals surface area contributed by atoms with Crippen LogP contribution in [-0.4, -0.2) is 25.3 Å². The van der Waals surface area contributed by atoms with Crippen LogP contribution in [0.1, 0.15) is 77.0 Å². The maximum Gasteiger partial charge on any atom is 0.414 e. The summed E-state index contributed by atoms with van der Waals surface area (Å²) in [5, 5.41) is 0. The first-order valence-corrected chi connectivity index (χ1v) is 12.9. The fourth-order valence-electron chi connectivity index (χ4n) is 4.37. The molecule has 0 bridgehead atoms. The van der Waals surface area contributed by atoms with E-state index in [1.807, 2.05) is 57.2 Å². The molecule has 2 aromatic carbocycles. The van der Waals surface area contributed by atoms with Gasteiger partial charge in [-0.3, -0.25) is 4.90 Å². The Labute approximate surface area is 211 Å². The van der Waals surface area contributed by atoms with E-state index in [9.17, 15) is 4.79 Å². The van der Waals surface area contributed by atoms with E-state index >= 15 is 0 Å². The largest absolute Gasteiger partial charge is 0.493 e. The smallest absolute Gasteiger partial charge is 0.414 e. The molecular weight excluding hydrogens is 438 g/mol. The molecule has 0 aromatic heterocycles. The lowest BCUT2D eigenvalue weighted by Crippen LogP contribution is -2.32. The summed E-state index contributed by atoms with van der Waals surface area (Å²) < 4.78 is 17.7. The minimum absolute atomic E-state index is 0.221. The number of hydrogen-bond donors (Lipinski definition) is 0. The van der Waals surface area contributed by atoms with Crippen LogP contribution in [0.5, 0.6) is 11.5 Å². The Morgan fingerprint density at radius 3 is 2.49 bits per heavy atom. The van der Waals surface area contributed by atoms with Crippen molar-refractivity contribution in [3.8, 4) is 11.5 Å². The second-order valence-electron chi connectivity index (χ2n) is 9.83. The monoisotopic (exact) mass is 479 g/mol. The first-order valence-electron chi connectivity index (χ1n) is 12.9. The lowest BCUT2D eigenvalue weighted by Gasteiger charge is -2.32. The summed E-state index contributed by atoms with van der Waals surface area (Å²) >= 11 is 0. The highest BCUT2D eigenvalue weighted by atomic mass is 16.6. The van der Waals surface area contributed by atoms with E-state index in [-0.39, 0.29) is 12.2 Å². The molecule has 0 atom stereocenters. The van der Waals surface area contributed by atoms with Crippen LogP contribution in [0.15, 0.2) is 42.0 Å². The molecule has 1 aliphatic heterocycles. The first kappa shape index (κ1) is 26.7. The zero-order valence-electron chi connectivity index (χ0n) is 22.4. The van der Waals surface area contributed by atoms with Gasteiger partial charge in [-0.05, 0) is 99.6 Å². The highest BCUT2D eigenvalue weighted by Gasteiger charge is 2.28. The summed E-state index contributed by atoms with van der Waals surface area (Å²) in [4.78, 5) is 14.2. The van der Waals surface area contributed by atoms with Crippen LogP contribution >= 0.6 is 0 Å². The summed E-state index contributed by atoms with van der Waals surface area (Å²) in [5.41, 5.74) is 4.58. The molecule has 1 amide bonds. The van der Waals surface area contributed by atoms with Crippen LogP contribution in [0.2, 0.25) is 0 Å².